The van der Waals surface area contributed by atoms with Crippen LogP contribution in [0.4, 0.5) is 0 Å². The molecule has 368 valence electrons. The summed E-state index contributed by atoms with van der Waals surface area (Å²) in [5.74, 6) is 1.40. The zero-order valence-electron chi connectivity index (χ0n) is 41.0. The Kier molecular flexibility index (Phi) is 33.8. The average Bonchev–Trinajstić information content (AvgIpc) is 3.50. The molecule has 1 heterocycles. The van der Waals surface area contributed by atoms with E-state index in [0.29, 0.717) is 36.7 Å². The van der Waals surface area contributed by atoms with Gasteiger partial charge in [-0.25, -0.2) is 0 Å². The van der Waals surface area contributed by atoms with Crippen LogP contribution in [-0.2, 0) is 45.5 Å². The second-order valence-corrected chi connectivity index (χ2v) is 20.1. The number of hydrogen-bond donors (Lipinski definition) is 2. The number of carbonyl (C=O) groups is 2. The average molecular weight is 914 g/mol. The lowest BCUT2D eigenvalue weighted by molar-refractivity contribution is -0.870. The van der Waals surface area contributed by atoms with Gasteiger partial charge in [0, 0.05) is 25.7 Å². The molecule has 0 amide bonds. The van der Waals surface area contributed by atoms with E-state index in [1.54, 1.807) is 0 Å². The van der Waals surface area contributed by atoms with Gasteiger partial charge in [0.25, 0.3) is 7.82 Å². The van der Waals surface area contributed by atoms with Crippen molar-refractivity contribution in [2.75, 3.05) is 47.5 Å². The van der Waals surface area contributed by atoms with Crippen LogP contribution in [0.2, 0.25) is 0 Å². The molecule has 0 aliphatic heterocycles. The Labute approximate surface area is 383 Å². The van der Waals surface area contributed by atoms with Crippen LogP contribution in [0.1, 0.15) is 203 Å². The Morgan fingerprint density at radius 3 is 1.75 bits per heavy atom. The SMILES string of the molecule is CCCCC/C=C\C[C@H](O)[C@@H](O)CCCCCCCC(=O)O[C@H](COC(=O)CCCCCCCCCCCCc1oc(CCCCC)c(C)c1C)COP(=O)([O-])OCC[N+](C)(C)C. The highest BCUT2D eigenvalue weighted by molar-refractivity contribution is 7.45. The standard InChI is InChI=1S/C50H92NO11P/c1-8-10-12-13-21-27-32-45(52)46(53)33-28-22-20-25-31-37-50(55)61-44(41-60-63(56,57)59-39-38-51(5,6)7)40-58-49(54)36-30-24-19-17-15-14-16-18-23-29-35-48-43(4)42(3)47(62-48)34-26-11-9-2/h21,27,44-46,52-53H,8-20,22-26,28-41H2,1-7H3/b27-21-/t44-,45+,46+/m1/s1. The van der Waals surface area contributed by atoms with Crippen LogP contribution in [0.15, 0.2) is 16.6 Å². The predicted molar refractivity (Wildman–Crippen MR) is 251 cm³/mol. The minimum atomic E-state index is -4.68. The van der Waals surface area contributed by atoms with Crippen molar-refractivity contribution < 1.29 is 56.7 Å². The zero-order chi connectivity index (χ0) is 46.8. The summed E-state index contributed by atoms with van der Waals surface area (Å²) in [6.45, 7) is 8.34. The van der Waals surface area contributed by atoms with Crippen LogP contribution in [-0.4, -0.2) is 92.5 Å². The van der Waals surface area contributed by atoms with Crippen molar-refractivity contribution in [3.8, 4) is 0 Å². The molecule has 0 bridgehead atoms. The molecule has 2 N–H and O–H groups in total. The van der Waals surface area contributed by atoms with E-state index in [9.17, 15) is 29.3 Å². The van der Waals surface area contributed by atoms with E-state index in [4.69, 9.17) is 22.9 Å². The maximum absolute atomic E-state index is 12.7. The van der Waals surface area contributed by atoms with Gasteiger partial charge in [-0.1, -0.05) is 129 Å². The smallest absolute Gasteiger partial charge is 0.306 e. The Hall–Kier alpha value is -2.05. The number of hydrogen-bond acceptors (Lipinski definition) is 11. The van der Waals surface area contributed by atoms with E-state index in [1.807, 2.05) is 27.2 Å². The first kappa shape index (κ1) is 59.0. The topological polar surface area (TPSA) is 165 Å². The number of rotatable bonds is 42. The summed E-state index contributed by atoms with van der Waals surface area (Å²) in [5, 5.41) is 20.5. The van der Waals surface area contributed by atoms with Crippen LogP contribution in [0.3, 0.4) is 0 Å². The number of quaternary nitrogens is 1. The fourth-order valence-electron chi connectivity index (χ4n) is 7.33. The van der Waals surface area contributed by atoms with Crippen LogP contribution < -0.4 is 4.89 Å². The van der Waals surface area contributed by atoms with Gasteiger partial charge in [-0.3, -0.25) is 14.2 Å². The van der Waals surface area contributed by atoms with Gasteiger partial charge in [0.1, 0.15) is 31.3 Å². The molecule has 0 aliphatic carbocycles. The lowest BCUT2D eigenvalue weighted by atomic mass is 10.0. The number of aliphatic hydroxyl groups excluding tert-OH is 2. The predicted octanol–water partition coefficient (Wildman–Crippen LogP) is 11.1. The van der Waals surface area contributed by atoms with Gasteiger partial charge in [0.05, 0.1) is 40.0 Å². The molecule has 63 heavy (non-hydrogen) atoms. The summed E-state index contributed by atoms with van der Waals surface area (Å²) in [4.78, 5) is 37.8. The Balaban J connectivity index is 2.33. The molecule has 0 aromatic carbocycles. The number of ether oxygens (including phenoxy) is 2. The number of esters is 2. The number of aryl methyl sites for hydroxylation is 2. The van der Waals surface area contributed by atoms with Gasteiger partial charge >= 0.3 is 11.9 Å². The van der Waals surface area contributed by atoms with E-state index >= 15 is 0 Å². The second-order valence-electron chi connectivity index (χ2n) is 18.7. The minimum Gasteiger partial charge on any atom is -0.756 e. The number of aliphatic hydroxyl groups is 2. The molecule has 1 aromatic heterocycles. The van der Waals surface area contributed by atoms with Crippen molar-refractivity contribution >= 4 is 19.8 Å². The number of furan rings is 1. The summed E-state index contributed by atoms with van der Waals surface area (Å²) in [5.41, 5.74) is 2.68. The molecule has 1 aromatic rings. The number of phosphoric acid groups is 1. The fourth-order valence-corrected chi connectivity index (χ4v) is 8.06. The van der Waals surface area contributed by atoms with Crippen LogP contribution >= 0.6 is 7.82 Å². The third kappa shape index (κ3) is 32.3. The second kappa shape index (κ2) is 36.1. The number of allylic oxidation sites excluding steroid dienone is 1. The Morgan fingerprint density at radius 1 is 0.667 bits per heavy atom. The van der Waals surface area contributed by atoms with Gasteiger partial charge in [-0.2, -0.15) is 0 Å². The number of nitrogens with zero attached hydrogens (tertiary/aromatic N) is 1. The molecule has 1 unspecified atom stereocenters. The lowest BCUT2D eigenvalue weighted by Gasteiger charge is -2.28. The van der Waals surface area contributed by atoms with Crippen molar-refractivity contribution in [3.05, 3.63) is 34.8 Å². The van der Waals surface area contributed by atoms with Crippen molar-refractivity contribution in [2.45, 2.75) is 226 Å². The number of unbranched alkanes of at least 4 members (excludes halogenated alkanes) is 18. The number of carbonyl (C=O) groups excluding carboxylic acids is 2. The highest BCUT2D eigenvalue weighted by Crippen LogP contribution is 2.38. The highest BCUT2D eigenvalue weighted by Gasteiger charge is 2.22. The molecule has 1 rings (SSSR count). The van der Waals surface area contributed by atoms with Crippen LogP contribution in [0.25, 0.3) is 0 Å². The van der Waals surface area contributed by atoms with Gasteiger partial charge in [-0.15, -0.1) is 0 Å². The van der Waals surface area contributed by atoms with Gasteiger partial charge in [0.2, 0.25) is 0 Å². The lowest BCUT2D eigenvalue weighted by Crippen LogP contribution is -2.37. The van der Waals surface area contributed by atoms with E-state index in [1.165, 1.54) is 93.3 Å². The molecule has 0 spiro atoms. The monoisotopic (exact) mass is 914 g/mol. The van der Waals surface area contributed by atoms with Gasteiger partial charge < -0.3 is 42.5 Å². The third-order valence-electron chi connectivity index (χ3n) is 11.7. The molecule has 0 saturated carbocycles. The summed E-state index contributed by atoms with van der Waals surface area (Å²) < 4.78 is 40.2. The van der Waals surface area contributed by atoms with E-state index in [2.05, 4.69) is 33.8 Å². The summed E-state index contributed by atoms with van der Waals surface area (Å²) in [7, 11) is 1.06. The largest absolute Gasteiger partial charge is 0.756 e. The molecule has 0 radical (unpaired) electrons. The third-order valence-corrected chi connectivity index (χ3v) is 12.7. The van der Waals surface area contributed by atoms with Crippen molar-refractivity contribution in [1.29, 1.82) is 0 Å². The van der Waals surface area contributed by atoms with Crippen LogP contribution in [0, 0.1) is 13.8 Å². The molecule has 12 nitrogen and oxygen atoms in total. The van der Waals surface area contributed by atoms with Crippen molar-refractivity contribution in [1.82, 2.24) is 0 Å². The normalized spacial score (nSPS) is 14.5. The van der Waals surface area contributed by atoms with Gasteiger partial charge in [0.15, 0.2) is 6.10 Å². The van der Waals surface area contributed by atoms with E-state index in [0.717, 1.165) is 70.6 Å². The summed E-state index contributed by atoms with van der Waals surface area (Å²) >= 11 is 0. The Bertz CT molecular complexity index is 1390. The van der Waals surface area contributed by atoms with Crippen molar-refractivity contribution in [2.24, 2.45) is 0 Å². The van der Waals surface area contributed by atoms with Crippen LogP contribution in [0.5, 0.6) is 0 Å². The molecule has 4 atom stereocenters. The highest BCUT2D eigenvalue weighted by atomic mass is 31.2. The number of likely N-dealkylation sites (N-methyl/N-ethyl adjacent to an activating group) is 1. The van der Waals surface area contributed by atoms with E-state index in [-0.39, 0.29) is 26.1 Å². The van der Waals surface area contributed by atoms with Gasteiger partial charge in [-0.05, 0) is 76.3 Å². The molecule has 13 heteroatoms. The van der Waals surface area contributed by atoms with Crippen molar-refractivity contribution in [3.63, 3.8) is 0 Å². The minimum absolute atomic E-state index is 0.0630. The summed E-state index contributed by atoms with van der Waals surface area (Å²) in [6, 6.07) is 0. The molecule has 0 fully saturated rings. The maximum atomic E-state index is 12.7. The molecule has 0 aliphatic rings. The first-order valence-electron chi connectivity index (χ1n) is 24.9. The maximum Gasteiger partial charge on any atom is 0.306 e. The first-order chi connectivity index (χ1) is 30.1. The molecular formula is C50H92NO11P. The quantitative estimate of drug-likeness (QED) is 0.0211. The number of phosphoric ester groups is 1. The fraction of sp³-hybridized carbons (Fsp3) is 0.840. The zero-order valence-corrected chi connectivity index (χ0v) is 41.9. The Morgan fingerprint density at radius 2 is 1.17 bits per heavy atom. The molecule has 0 saturated heterocycles. The molecular weight excluding hydrogens is 822 g/mol. The summed E-state index contributed by atoms with van der Waals surface area (Å²) in [6.07, 6.45) is 27.9. The van der Waals surface area contributed by atoms with E-state index < -0.39 is 44.7 Å². The first-order valence-corrected chi connectivity index (χ1v) is 26.4.